The Morgan fingerprint density at radius 1 is 1.23 bits per heavy atom. The Morgan fingerprint density at radius 3 is 2.64 bits per heavy atom. The molecule has 2 aromatic carbocycles. The largest absolute Gasteiger partial charge is 0.491 e. The van der Waals surface area contributed by atoms with E-state index < -0.39 is 6.10 Å². The molecule has 0 radical (unpaired) electrons. The van der Waals surface area contributed by atoms with Gasteiger partial charge in [0.1, 0.15) is 18.5 Å². The number of ether oxygens (including phenoxy) is 1. The van der Waals surface area contributed by atoms with Crippen molar-refractivity contribution in [1.29, 1.82) is 0 Å². The molecular formula is C17H19BrClNO2. The fraction of sp³-hybridized carbons (Fsp3) is 0.294. The number of benzene rings is 2. The Balaban J connectivity index is 1.75. The first-order valence-electron chi connectivity index (χ1n) is 7.10. The summed E-state index contributed by atoms with van der Waals surface area (Å²) in [4.78, 5) is 0. The highest BCUT2D eigenvalue weighted by molar-refractivity contribution is 9.10. The highest BCUT2D eigenvalue weighted by Crippen LogP contribution is 2.18. The number of rotatable bonds is 7. The molecule has 2 N–H and O–H groups in total. The van der Waals surface area contributed by atoms with Crippen LogP contribution in [0.3, 0.4) is 0 Å². The van der Waals surface area contributed by atoms with Gasteiger partial charge in [-0.15, -0.1) is 0 Å². The molecule has 0 saturated carbocycles. The summed E-state index contributed by atoms with van der Waals surface area (Å²) in [5.41, 5.74) is 1.09. The van der Waals surface area contributed by atoms with Gasteiger partial charge >= 0.3 is 0 Å². The Bertz CT molecular complexity index is 591. The normalized spacial score (nSPS) is 13.6. The zero-order chi connectivity index (χ0) is 15.9. The van der Waals surface area contributed by atoms with E-state index in [0.29, 0.717) is 11.6 Å². The Hall–Kier alpha value is -1.07. The number of nitrogens with one attached hydrogen (secondary N) is 1. The molecule has 0 spiro atoms. The minimum absolute atomic E-state index is 0.112. The van der Waals surface area contributed by atoms with Gasteiger partial charge in [0.2, 0.25) is 0 Å². The van der Waals surface area contributed by atoms with E-state index in [9.17, 15) is 5.11 Å². The van der Waals surface area contributed by atoms with E-state index in [0.717, 1.165) is 15.8 Å². The number of halogens is 2. The van der Waals surface area contributed by atoms with E-state index in [2.05, 4.69) is 21.2 Å². The SMILES string of the molecule is CC(NCC(O)COc1ccc(Br)cc1)c1cccc(Cl)c1. The predicted molar refractivity (Wildman–Crippen MR) is 93.5 cm³/mol. The van der Waals surface area contributed by atoms with Gasteiger partial charge in [-0.2, -0.15) is 0 Å². The summed E-state index contributed by atoms with van der Waals surface area (Å²) in [6.07, 6.45) is -0.578. The van der Waals surface area contributed by atoms with Crippen LogP contribution in [0.5, 0.6) is 5.75 Å². The van der Waals surface area contributed by atoms with Crippen molar-refractivity contribution in [2.75, 3.05) is 13.2 Å². The minimum Gasteiger partial charge on any atom is -0.491 e. The van der Waals surface area contributed by atoms with Crippen molar-refractivity contribution >= 4 is 27.5 Å². The van der Waals surface area contributed by atoms with Gasteiger partial charge < -0.3 is 15.2 Å². The first kappa shape index (κ1) is 17.3. The van der Waals surface area contributed by atoms with Crippen LogP contribution in [0, 0.1) is 0 Å². The predicted octanol–water partition coefficient (Wildman–Crippen LogP) is 4.19. The molecule has 0 aliphatic rings. The third-order valence-corrected chi connectivity index (χ3v) is 4.03. The standard InChI is InChI=1S/C17H19BrClNO2/c1-12(13-3-2-4-15(19)9-13)20-10-16(21)11-22-17-7-5-14(18)6-8-17/h2-9,12,16,20-21H,10-11H2,1H3. The van der Waals surface area contributed by atoms with Crippen LogP contribution < -0.4 is 10.1 Å². The molecule has 0 saturated heterocycles. The highest BCUT2D eigenvalue weighted by Gasteiger charge is 2.10. The van der Waals surface area contributed by atoms with Crippen LogP contribution in [0.1, 0.15) is 18.5 Å². The van der Waals surface area contributed by atoms with Crippen LogP contribution >= 0.6 is 27.5 Å². The first-order chi connectivity index (χ1) is 10.5. The summed E-state index contributed by atoms with van der Waals surface area (Å²) in [6, 6.07) is 15.3. The van der Waals surface area contributed by atoms with Crippen molar-refractivity contribution < 1.29 is 9.84 Å². The average Bonchev–Trinajstić information content (AvgIpc) is 2.52. The van der Waals surface area contributed by atoms with Gasteiger partial charge in [-0.25, -0.2) is 0 Å². The molecule has 0 aromatic heterocycles. The van der Waals surface area contributed by atoms with Crippen molar-refractivity contribution in [3.8, 4) is 5.75 Å². The Kier molecular flexibility index (Phi) is 6.70. The lowest BCUT2D eigenvalue weighted by atomic mass is 10.1. The van der Waals surface area contributed by atoms with Crippen molar-refractivity contribution in [2.45, 2.75) is 19.1 Å². The summed E-state index contributed by atoms with van der Waals surface area (Å²) in [5, 5.41) is 14.0. The maximum atomic E-state index is 9.99. The lowest BCUT2D eigenvalue weighted by molar-refractivity contribution is 0.104. The molecule has 0 fully saturated rings. The average molecular weight is 385 g/mol. The zero-order valence-electron chi connectivity index (χ0n) is 12.3. The summed E-state index contributed by atoms with van der Waals surface area (Å²) < 4.78 is 6.55. The maximum Gasteiger partial charge on any atom is 0.119 e. The first-order valence-corrected chi connectivity index (χ1v) is 8.27. The zero-order valence-corrected chi connectivity index (χ0v) is 14.6. The van der Waals surface area contributed by atoms with Gasteiger partial charge in [0.15, 0.2) is 0 Å². The van der Waals surface area contributed by atoms with Crippen LogP contribution in [-0.4, -0.2) is 24.4 Å². The van der Waals surface area contributed by atoms with E-state index in [1.165, 1.54) is 0 Å². The number of hydrogen-bond acceptors (Lipinski definition) is 3. The summed E-state index contributed by atoms with van der Waals surface area (Å²) in [6.45, 7) is 2.73. The van der Waals surface area contributed by atoms with Crippen LogP contribution in [0.15, 0.2) is 53.0 Å². The van der Waals surface area contributed by atoms with Crippen LogP contribution in [0.2, 0.25) is 5.02 Å². The Morgan fingerprint density at radius 2 is 1.95 bits per heavy atom. The van der Waals surface area contributed by atoms with E-state index in [-0.39, 0.29) is 12.6 Å². The van der Waals surface area contributed by atoms with E-state index >= 15 is 0 Å². The molecule has 2 unspecified atom stereocenters. The molecule has 0 bridgehead atoms. The molecule has 2 aromatic rings. The molecule has 0 amide bonds. The quantitative estimate of drug-likeness (QED) is 0.752. The summed E-state index contributed by atoms with van der Waals surface area (Å²) >= 11 is 9.35. The van der Waals surface area contributed by atoms with Gasteiger partial charge in [0, 0.05) is 22.1 Å². The monoisotopic (exact) mass is 383 g/mol. The molecule has 118 valence electrons. The number of aliphatic hydroxyl groups excluding tert-OH is 1. The second-order valence-electron chi connectivity index (χ2n) is 5.10. The maximum absolute atomic E-state index is 9.99. The second kappa shape index (κ2) is 8.53. The molecule has 22 heavy (non-hydrogen) atoms. The van der Waals surface area contributed by atoms with Crippen molar-refractivity contribution in [3.63, 3.8) is 0 Å². The molecule has 0 aliphatic heterocycles. The molecule has 0 heterocycles. The lowest BCUT2D eigenvalue weighted by Gasteiger charge is -2.18. The van der Waals surface area contributed by atoms with E-state index in [4.69, 9.17) is 16.3 Å². The van der Waals surface area contributed by atoms with E-state index in [1.54, 1.807) is 0 Å². The Labute approximate surface area is 144 Å². The third-order valence-electron chi connectivity index (χ3n) is 3.26. The molecule has 5 heteroatoms. The third kappa shape index (κ3) is 5.61. The summed E-state index contributed by atoms with van der Waals surface area (Å²) in [7, 11) is 0. The van der Waals surface area contributed by atoms with Crippen LogP contribution in [-0.2, 0) is 0 Å². The van der Waals surface area contributed by atoms with Gasteiger partial charge in [0.05, 0.1) is 0 Å². The smallest absolute Gasteiger partial charge is 0.119 e. The lowest BCUT2D eigenvalue weighted by Crippen LogP contribution is -2.33. The fourth-order valence-electron chi connectivity index (χ4n) is 1.99. The molecule has 2 rings (SSSR count). The highest BCUT2D eigenvalue weighted by atomic mass is 79.9. The van der Waals surface area contributed by atoms with Crippen LogP contribution in [0.25, 0.3) is 0 Å². The van der Waals surface area contributed by atoms with Gasteiger partial charge in [0.25, 0.3) is 0 Å². The van der Waals surface area contributed by atoms with Gasteiger partial charge in [-0.05, 0) is 48.9 Å². The summed E-state index contributed by atoms with van der Waals surface area (Å²) in [5.74, 6) is 0.741. The van der Waals surface area contributed by atoms with Crippen LogP contribution in [0.4, 0.5) is 0 Å². The minimum atomic E-state index is -0.578. The van der Waals surface area contributed by atoms with Crippen molar-refractivity contribution in [3.05, 3.63) is 63.6 Å². The van der Waals surface area contributed by atoms with Gasteiger partial charge in [-0.3, -0.25) is 0 Å². The molecule has 3 nitrogen and oxygen atoms in total. The van der Waals surface area contributed by atoms with Crippen molar-refractivity contribution in [2.24, 2.45) is 0 Å². The molecule has 0 aliphatic carbocycles. The fourth-order valence-corrected chi connectivity index (χ4v) is 2.45. The van der Waals surface area contributed by atoms with E-state index in [1.807, 2.05) is 55.5 Å². The number of hydrogen-bond donors (Lipinski definition) is 2. The van der Waals surface area contributed by atoms with Gasteiger partial charge in [-0.1, -0.05) is 39.7 Å². The molecular weight excluding hydrogens is 366 g/mol. The number of aliphatic hydroxyl groups is 1. The van der Waals surface area contributed by atoms with Crippen molar-refractivity contribution in [1.82, 2.24) is 5.32 Å². The topological polar surface area (TPSA) is 41.5 Å². The second-order valence-corrected chi connectivity index (χ2v) is 6.46. The molecule has 2 atom stereocenters.